The molecule has 0 aliphatic heterocycles. The van der Waals surface area contributed by atoms with Gasteiger partial charge in [-0.2, -0.15) is 16.9 Å². The Balaban J connectivity index is 1.42. The Bertz CT molecular complexity index is 644. The van der Waals surface area contributed by atoms with Crippen molar-refractivity contribution < 1.29 is 4.79 Å². The second kappa shape index (κ2) is 8.19. The van der Waals surface area contributed by atoms with Crippen molar-refractivity contribution in [3.05, 3.63) is 48.0 Å². The maximum atomic E-state index is 12.0. The van der Waals surface area contributed by atoms with Crippen molar-refractivity contribution >= 4 is 17.8 Å². The minimum absolute atomic E-state index is 0.0755. The lowest BCUT2D eigenvalue weighted by Gasteiger charge is -2.14. The number of urea groups is 1. The van der Waals surface area contributed by atoms with E-state index in [4.69, 9.17) is 0 Å². The summed E-state index contributed by atoms with van der Waals surface area (Å²) in [5, 5.41) is 10.8. The highest BCUT2D eigenvalue weighted by Gasteiger charge is 2.24. The van der Waals surface area contributed by atoms with Crippen LogP contribution >= 0.6 is 11.8 Å². The molecular weight excluding hydrogens is 322 g/mol. The maximum Gasteiger partial charge on any atom is 0.315 e. The van der Waals surface area contributed by atoms with Crippen LogP contribution in [0.2, 0.25) is 0 Å². The molecule has 2 amide bonds. The molecule has 24 heavy (non-hydrogen) atoms. The summed E-state index contributed by atoms with van der Waals surface area (Å²) in [6, 6.07) is 8.41. The zero-order chi connectivity index (χ0) is 16.8. The molecule has 1 aromatic heterocycles. The van der Waals surface area contributed by atoms with Gasteiger partial charge in [0, 0.05) is 17.8 Å². The van der Waals surface area contributed by atoms with E-state index in [2.05, 4.69) is 39.1 Å². The first-order valence-electron chi connectivity index (χ1n) is 8.20. The zero-order valence-corrected chi connectivity index (χ0v) is 14.6. The Kier molecular flexibility index (Phi) is 5.74. The third-order valence-corrected chi connectivity index (χ3v) is 5.44. The molecule has 0 bridgehead atoms. The summed E-state index contributed by atoms with van der Waals surface area (Å²) in [5.41, 5.74) is 2.24. The first kappa shape index (κ1) is 16.8. The van der Waals surface area contributed by atoms with Crippen LogP contribution in [0.3, 0.4) is 0 Å². The Morgan fingerprint density at radius 2 is 2.08 bits per heavy atom. The molecule has 3 rings (SSSR count). The fraction of sp³-hybridized carbons (Fsp3) is 0.471. The number of nitrogens with one attached hydrogen (secondary N) is 2. The summed E-state index contributed by atoms with van der Waals surface area (Å²) in [5.74, 6) is 0. The topological polar surface area (TPSA) is 71.8 Å². The average Bonchev–Trinajstić information content (AvgIpc) is 3.26. The van der Waals surface area contributed by atoms with Gasteiger partial charge in [-0.25, -0.2) is 14.5 Å². The molecule has 1 aromatic carbocycles. The van der Waals surface area contributed by atoms with E-state index in [-0.39, 0.29) is 6.03 Å². The molecule has 0 radical (unpaired) electrons. The highest BCUT2D eigenvalue weighted by atomic mass is 32.2. The average molecular weight is 345 g/mol. The lowest BCUT2D eigenvalue weighted by Crippen LogP contribution is -2.40. The minimum atomic E-state index is -0.0755. The normalized spacial score (nSPS) is 20.0. The van der Waals surface area contributed by atoms with Gasteiger partial charge in [-0.3, -0.25) is 0 Å². The lowest BCUT2D eigenvalue weighted by molar-refractivity contribution is 0.236. The number of rotatable bonds is 6. The molecular formula is C17H23N5OS. The molecule has 2 N–H and O–H groups in total. The van der Waals surface area contributed by atoms with Crippen molar-refractivity contribution in [2.45, 2.75) is 43.6 Å². The second-order valence-electron chi connectivity index (χ2n) is 6.10. The molecule has 0 saturated heterocycles. The third kappa shape index (κ3) is 4.74. The van der Waals surface area contributed by atoms with Gasteiger partial charge in [-0.1, -0.05) is 24.3 Å². The van der Waals surface area contributed by atoms with Crippen LogP contribution in [0.1, 0.15) is 30.4 Å². The quantitative estimate of drug-likeness (QED) is 0.843. The summed E-state index contributed by atoms with van der Waals surface area (Å²) in [7, 11) is 0. The molecule has 7 heteroatoms. The van der Waals surface area contributed by atoms with Gasteiger partial charge in [0.25, 0.3) is 0 Å². The van der Waals surface area contributed by atoms with Crippen molar-refractivity contribution in [3.8, 4) is 0 Å². The Morgan fingerprint density at radius 1 is 1.29 bits per heavy atom. The molecule has 1 heterocycles. The molecule has 1 saturated carbocycles. The number of hydrogen-bond donors (Lipinski definition) is 2. The maximum absolute atomic E-state index is 12.0. The predicted molar refractivity (Wildman–Crippen MR) is 95.9 cm³/mol. The van der Waals surface area contributed by atoms with E-state index in [0.717, 1.165) is 24.0 Å². The van der Waals surface area contributed by atoms with E-state index in [1.54, 1.807) is 11.0 Å². The van der Waals surface area contributed by atoms with Crippen LogP contribution in [0.5, 0.6) is 0 Å². The Morgan fingerprint density at radius 3 is 2.75 bits per heavy atom. The van der Waals surface area contributed by atoms with Crippen molar-refractivity contribution in [2.24, 2.45) is 0 Å². The van der Waals surface area contributed by atoms with Gasteiger partial charge in [0.2, 0.25) is 0 Å². The summed E-state index contributed by atoms with van der Waals surface area (Å²) in [6.07, 6.45) is 8.72. The van der Waals surface area contributed by atoms with E-state index in [9.17, 15) is 4.79 Å². The monoisotopic (exact) mass is 345 g/mol. The lowest BCUT2D eigenvalue weighted by atomic mass is 10.1. The molecule has 0 spiro atoms. The molecule has 2 atom stereocenters. The van der Waals surface area contributed by atoms with E-state index in [1.165, 1.54) is 12.7 Å². The number of amides is 2. The fourth-order valence-corrected chi connectivity index (χ4v) is 3.76. The Labute approximate surface area is 146 Å². The standard InChI is InChI=1S/C17H23N5OS/c1-24-16-7-6-15(8-16)21-17(23)19-9-13-2-4-14(5-3-13)10-22-12-18-11-20-22/h2-5,11-12,15-16H,6-10H2,1H3,(H2,19,21,23)/t15-,16-/m1/s1. The molecule has 1 fully saturated rings. The van der Waals surface area contributed by atoms with Crippen LogP contribution in [-0.2, 0) is 13.1 Å². The SMILES string of the molecule is CS[C@@H]1CC[C@@H](NC(=O)NCc2ccc(Cn3cncn3)cc2)C1. The van der Waals surface area contributed by atoms with E-state index >= 15 is 0 Å². The van der Waals surface area contributed by atoms with E-state index in [0.29, 0.717) is 24.4 Å². The summed E-state index contributed by atoms with van der Waals surface area (Å²) < 4.78 is 1.78. The minimum Gasteiger partial charge on any atom is -0.335 e. The van der Waals surface area contributed by atoms with Crippen LogP contribution in [0, 0.1) is 0 Å². The summed E-state index contributed by atoms with van der Waals surface area (Å²) in [6.45, 7) is 1.24. The molecule has 2 aromatic rings. The number of carbonyl (C=O) groups excluding carboxylic acids is 1. The van der Waals surface area contributed by atoms with Crippen molar-refractivity contribution in [2.75, 3.05) is 6.26 Å². The van der Waals surface area contributed by atoms with Gasteiger partial charge >= 0.3 is 6.03 Å². The molecule has 128 valence electrons. The fourth-order valence-electron chi connectivity index (χ4n) is 2.97. The molecule has 6 nitrogen and oxygen atoms in total. The van der Waals surface area contributed by atoms with Gasteiger partial charge in [-0.05, 0) is 36.6 Å². The first-order chi connectivity index (χ1) is 11.7. The largest absolute Gasteiger partial charge is 0.335 e. The number of thioether (sulfide) groups is 1. The van der Waals surface area contributed by atoms with Crippen molar-refractivity contribution in [1.82, 2.24) is 25.4 Å². The van der Waals surface area contributed by atoms with E-state index in [1.807, 2.05) is 23.9 Å². The molecule has 0 unspecified atom stereocenters. The van der Waals surface area contributed by atoms with Gasteiger partial charge in [-0.15, -0.1) is 0 Å². The zero-order valence-electron chi connectivity index (χ0n) is 13.8. The molecule has 1 aliphatic rings. The van der Waals surface area contributed by atoms with Crippen LogP contribution < -0.4 is 10.6 Å². The van der Waals surface area contributed by atoms with Crippen molar-refractivity contribution in [1.29, 1.82) is 0 Å². The third-order valence-electron chi connectivity index (χ3n) is 4.34. The number of nitrogens with zero attached hydrogens (tertiary/aromatic N) is 3. The molecule has 1 aliphatic carbocycles. The van der Waals surface area contributed by atoms with Crippen molar-refractivity contribution in [3.63, 3.8) is 0 Å². The van der Waals surface area contributed by atoms with Crippen LogP contribution in [0.15, 0.2) is 36.9 Å². The van der Waals surface area contributed by atoms with Crippen LogP contribution in [0.4, 0.5) is 4.79 Å². The van der Waals surface area contributed by atoms with Crippen LogP contribution in [-0.4, -0.2) is 38.3 Å². The number of benzene rings is 1. The highest BCUT2D eigenvalue weighted by molar-refractivity contribution is 7.99. The number of aromatic nitrogens is 3. The van der Waals surface area contributed by atoms with E-state index < -0.39 is 0 Å². The van der Waals surface area contributed by atoms with Gasteiger partial charge < -0.3 is 10.6 Å². The summed E-state index contributed by atoms with van der Waals surface area (Å²) >= 11 is 1.89. The second-order valence-corrected chi connectivity index (χ2v) is 7.24. The first-order valence-corrected chi connectivity index (χ1v) is 9.49. The Hall–Kier alpha value is -2.02. The highest BCUT2D eigenvalue weighted by Crippen LogP contribution is 2.27. The van der Waals surface area contributed by atoms with Crippen LogP contribution in [0.25, 0.3) is 0 Å². The van der Waals surface area contributed by atoms with Gasteiger partial charge in [0.15, 0.2) is 0 Å². The van der Waals surface area contributed by atoms with Gasteiger partial charge in [0.05, 0.1) is 6.54 Å². The summed E-state index contributed by atoms with van der Waals surface area (Å²) in [4.78, 5) is 15.9. The predicted octanol–water partition coefficient (Wildman–Crippen LogP) is 2.41. The number of hydrogen-bond acceptors (Lipinski definition) is 4. The number of carbonyl (C=O) groups is 1. The smallest absolute Gasteiger partial charge is 0.315 e. The van der Waals surface area contributed by atoms with Gasteiger partial charge in [0.1, 0.15) is 12.7 Å².